The van der Waals surface area contributed by atoms with Crippen molar-refractivity contribution in [1.82, 2.24) is 20.4 Å². The number of halogens is 1. The SMILES string of the molecule is COc1cccc(F)c1CN1CCC[C@@H](NC(=O)c2ccc3[nH]nc(-c4cccc(NC(C)=O)c4)c3c2)C1. The van der Waals surface area contributed by atoms with Crippen molar-refractivity contribution in [2.75, 3.05) is 25.5 Å². The Balaban J connectivity index is 1.31. The summed E-state index contributed by atoms with van der Waals surface area (Å²) in [5, 5.41) is 14.2. The molecule has 0 unspecified atom stereocenters. The minimum Gasteiger partial charge on any atom is -0.496 e. The van der Waals surface area contributed by atoms with E-state index in [9.17, 15) is 14.0 Å². The van der Waals surface area contributed by atoms with Gasteiger partial charge in [-0.15, -0.1) is 0 Å². The van der Waals surface area contributed by atoms with E-state index in [2.05, 4.69) is 25.7 Å². The van der Waals surface area contributed by atoms with Gasteiger partial charge in [-0.05, 0) is 61.9 Å². The molecule has 38 heavy (non-hydrogen) atoms. The number of amides is 2. The number of nitrogens with zero attached hydrogens (tertiary/aromatic N) is 2. The first-order chi connectivity index (χ1) is 18.4. The van der Waals surface area contributed by atoms with E-state index in [-0.39, 0.29) is 23.7 Å². The average molecular weight is 516 g/mol. The van der Waals surface area contributed by atoms with Crippen LogP contribution in [0.5, 0.6) is 5.75 Å². The number of rotatable bonds is 7. The van der Waals surface area contributed by atoms with Crippen LogP contribution >= 0.6 is 0 Å². The maximum atomic E-state index is 14.5. The predicted molar refractivity (Wildman–Crippen MR) is 145 cm³/mol. The van der Waals surface area contributed by atoms with Gasteiger partial charge < -0.3 is 15.4 Å². The van der Waals surface area contributed by atoms with Crippen molar-refractivity contribution in [3.05, 3.63) is 77.6 Å². The Morgan fingerprint density at radius 1 is 1.16 bits per heavy atom. The lowest BCUT2D eigenvalue weighted by Gasteiger charge is -2.33. The number of hydrogen-bond acceptors (Lipinski definition) is 5. The van der Waals surface area contributed by atoms with Crippen LogP contribution in [0, 0.1) is 5.82 Å². The number of benzene rings is 3. The highest BCUT2D eigenvalue weighted by molar-refractivity contribution is 6.02. The number of nitrogens with one attached hydrogen (secondary N) is 3. The minimum absolute atomic E-state index is 0.0529. The number of aromatic nitrogens is 2. The number of ether oxygens (including phenoxy) is 1. The molecule has 5 rings (SSSR count). The second-order valence-electron chi connectivity index (χ2n) is 9.56. The van der Waals surface area contributed by atoms with Gasteiger partial charge in [0.05, 0.1) is 18.3 Å². The monoisotopic (exact) mass is 515 g/mol. The zero-order valence-corrected chi connectivity index (χ0v) is 21.4. The van der Waals surface area contributed by atoms with Crippen molar-refractivity contribution in [3.63, 3.8) is 0 Å². The molecular formula is C29H30FN5O3. The van der Waals surface area contributed by atoms with Crippen LogP contribution in [0.25, 0.3) is 22.2 Å². The summed E-state index contributed by atoms with van der Waals surface area (Å²) in [5.74, 6) is -0.0750. The molecular weight excluding hydrogens is 485 g/mol. The molecule has 0 spiro atoms. The topological polar surface area (TPSA) is 99.3 Å². The van der Waals surface area contributed by atoms with Crippen molar-refractivity contribution in [2.45, 2.75) is 32.4 Å². The molecule has 8 nitrogen and oxygen atoms in total. The van der Waals surface area contributed by atoms with Crippen molar-refractivity contribution < 1.29 is 18.7 Å². The molecule has 1 aliphatic rings. The molecule has 3 N–H and O–H groups in total. The maximum Gasteiger partial charge on any atom is 0.251 e. The summed E-state index contributed by atoms with van der Waals surface area (Å²) in [5.41, 5.74) is 4.07. The fourth-order valence-corrected chi connectivity index (χ4v) is 5.02. The Kier molecular flexibility index (Phi) is 7.37. The van der Waals surface area contributed by atoms with E-state index < -0.39 is 0 Å². The summed E-state index contributed by atoms with van der Waals surface area (Å²) >= 11 is 0. The normalized spacial score (nSPS) is 15.8. The smallest absolute Gasteiger partial charge is 0.251 e. The molecule has 0 bridgehead atoms. The van der Waals surface area contributed by atoms with E-state index in [1.165, 1.54) is 13.0 Å². The third-order valence-corrected chi connectivity index (χ3v) is 6.80. The molecule has 0 saturated carbocycles. The number of hydrogen-bond donors (Lipinski definition) is 3. The Morgan fingerprint density at radius 3 is 2.82 bits per heavy atom. The maximum absolute atomic E-state index is 14.5. The van der Waals surface area contributed by atoms with Gasteiger partial charge in [0.15, 0.2) is 0 Å². The van der Waals surface area contributed by atoms with Gasteiger partial charge in [0, 0.05) is 53.8 Å². The molecule has 196 valence electrons. The standard InChI is InChI=1S/C29H30FN5O3/c1-18(36)31-21-7-3-6-19(14-21)28-23-15-20(11-12-26(23)33-34-28)29(37)32-22-8-5-13-35(16-22)17-24-25(30)9-4-10-27(24)38-2/h3-4,6-7,9-12,14-15,22H,5,8,13,16-17H2,1-2H3,(H,31,36)(H,32,37)(H,33,34)/t22-/m1/s1. The number of carbonyl (C=O) groups excluding carboxylic acids is 2. The second kappa shape index (κ2) is 11.0. The summed E-state index contributed by atoms with van der Waals surface area (Å²) in [6.07, 6.45) is 1.75. The molecule has 1 saturated heterocycles. The fourth-order valence-electron chi connectivity index (χ4n) is 5.02. The summed E-state index contributed by atoms with van der Waals surface area (Å²) < 4.78 is 19.8. The molecule has 1 aromatic heterocycles. The number of aromatic amines is 1. The Hall–Kier alpha value is -4.24. The van der Waals surface area contributed by atoms with Crippen LogP contribution in [0.3, 0.4) is 0 Å². The zero-order chi connectivity index (χ0) is 26.6. The van der Waals surface area contributed by atoms with E-state index in [0.29, 0.717) is 41.3 Å². The predicted octanol–water partition coefficient (Wildman–Crippen LogP) is 4.73. The number of piperidine rings is 1. The van der Waals surface area contributed by atoms with Gasteiger partial charge in [-0.25, -0.2) is 4.39 Å². The molecule has 9 heteroatoms. The van der Waals surface area contributed by atoms with Crippen LogP contribution in [0.2, 0.25) is 0 Å². The Labute approximate surface area is 220 Å². The molecule has 0 aliphatic carbocycles. The quantitative estimate of drug-likeness (QED) is 0.331. The highest BCUT2D eigenvalue weighted by Gasteiger charge is 2.24. The molecule has 1 fully saturated rings. The summed E-state index contributed by atoms with van der Waals surface area (Å²) in [6, 6.07) is 17.7. The van der Waals surface area contributed by atoms with Crippen molar-refractivity contribution >= 4 is 28.4 Å². The molecule has 3 aromatic carbocycles. The lowest BCUT2D eigenvalue weighted by atomic mass is 10.0. The van der Waals surface area contributed by atoms with Crippen molar-refractivity contribution in [2.24, 2.45) is 0 Å². The Bertz CT molecular complexity index is 1480. The van der Waals surface area contributed by atoms with E-state index in [1.54, 1.807) is 25.3 Å². The van der Waals surface area contributed by atoms with E-state index >= 15 is 0 Å². The van der Waals surface area contributed by atoms with Gasteiger partial charge in [-0.1, -0.05) is 18.2 Å². The first-order valence-electron chi connectivity index (χ1n) is 12.6. The van der Waals surface area contributed by atoms with Gasteiger partial charge in [0.25, 0.3) is 5.91 Å². The third kappa shape index (κ3) is 5.52. The van der Waals surface area contributed by atoms with Crippen molar-refractivity contribution in [1.29, 1.82) is 0 Å². The summed E-state index contributed by atoms with van der Waals surface area (Å²) in [4.78, 5) is 26.8. The average Bonchev–Trinajstić information content (AvgIpc) is 3.33. The molecule has 2 amide bonds. The minimum atomic E-state index is -0.290. The van der Waals surface area contributed by atoms with Gasteiger partial charge in [0.1, 0.15) is 11.6 Å². The highest BCUT2D eigenvalue weighted by Crippen LogP contribution is 2.29. The largest absolute Gasteiger partial charge is 0.496 e. The molecule has 1 atom stereocenters. The number of methoxy groups -OCH3 is 1. The van der Waals surface area contributed by atoms with Crippen molar-refractivity contribution in [3.8, 4) is 17.0 Å². The van der Waals surface area contributed by atoms with E-state index in [4.69, 9.17) is 4.74 Å². The number of fused-ring (bicyclic) bond motifs is 1. The van der Waals surface area contributed by atoms with Crippen LogP contribution in [0.15, 0.2) is 60.7 Å². The number of H-pyrrole nitrogens is 1. The first-order valence-corrected chi connectivity index (χ1v) is 12.6. The van der Waals surface area contributed by atoms with Crippen LogP contribution in [-0.2, 0) is 11.3 Å². The zero-order valence-electron chi connectivity index (χ0n) is 21.4. The van der Waals surface area contributed by atoms with Crippen LogP contribution < -0.4 is 15.4 Å². The molecule has 4 aromatic rings. The lowest BCUT2D eigenvalue weighted by molar-refractivity contribution is -0.114. The van der Waals surface area contributed by atoms with Gasteiger partial charge in [-0.2, -0.15) is 5.10 Å². The molecule has 2 heterocycles. The number of carbonyl (C=O) groups is 2. The third-order valence-electron chi connectivity index (χ3n) is 6.80. The number of likely N-dealkylation sites (tertiary alicyclic amines) is 1. The summed E-state index contributed by atoms with van der Waals surface area (Å²) in [6.45, 7) is 3.33. The fraction of sp³-hybridized carbons (Fsp3) is 0.276. The van der Waals surface area contributed by atoms with E-state index in [1.807, 2.05) is 36.4 Å². The first kappa shape index (κ1) is 25.4. The Morgan fingerprint density at radius 2 is 2.00 bits per heavy atom. The summed E-state index contributed by atoms with van der Waals surface area (Å²) in [7, 11) is 1.54. The van der Waals surface area contributed by atoms with Crippen LogP contribution in [0.4, 0.5) is 10.1 Å². The van der Waals surface area contributed by atoms with Gasteiger partial charge in [-0.3, -0.25) is 19.6 Å². The highest BCUT2D eigenvalue weighted by atomic mass is 19.1. The van der Waals surface area contributed by atoms with Gasteiger partial charge in [0.2, 0.25) is 5.91 Å². The lowest BCUT2D eigenvalue weighted by Crippen LogP contribution is -2.47. The van der Waals surface area contributed by atoms with E-state index in [0.717, 1.165) is 35.9 Å². The number of anilines is 1. The molecule has 0 radical (unpaired) electrons. The van der Waals surface area contributed by atoms with Crippen LogP contribution in [0.1, 0.15) is 35.7 Å². The van der Waals surface area contributed by atoms with Gasteiger partial charge >= 0.3 is 0 Å². The molecule has 1 aliphatic heterocycles. The van der Waals surface area contributed by atoms with Crippen LogP contribution in [-0.4, -0.2) is 53.2 Å². The second-order valence-corrected chi connectivity index (χ2v) is 9.56.